The molecule has 0 spiro atoms. The van der Waals surface area contributed by atoms with E-state index in [4.69, 9.17) is 4.74 Å². The van der Waals surface area contributed by atoms with Crippen LogP contribution in [-0.2, 0) is 24.3 Å². The Bertz CT molecular complexity index is 891. The van der Waals surface area contributed by atoms with Crippen LogP contribution in [0, 0.1) is 5.92 Å². The maximum Gasteiger partial charge on any atom is 0.338 e. The van der Waals surface area contributed by atoms with Gasteiger partial charge in [-0.15, -0.1) is 0 Å². The highest BCUT2D eigenvalue weighted by atomic mass is 32.2. The summed E-state index contributed by atoms with van der Waals surface area (Å²) in [4.78, 5) is 40.2. The monoisotopic (exact) mass is 423 g/mol. The van der Waals surface area contributed by atoms with Crippen LogP contribution < -0.4 is 4.90 Å². The van der Waals surface area contributed by atoms with Crippen LogP contribution in [0.25, 0.3) is 0 Å². The molecule has 3 rings (SSSR count). The average Bonchev–Trinajstić information content (AvgIpc) is 3.09. The predicted octanol–water partition coefficient (Wildman–Crippen LogP) is 0.320. The van der Waals surface area contributed by atoms with Gasteiger partial charge in [0.1, 0.15) is 0 Å². The lowest BCUT2D eigenvalue weighted by atomic mass is 10.1. The predicted molar refractivity (Wildman–Crippen MR) is 106 cm³/mol. The van der Waals surface area contributed by atoms with Gasteiger partial charge in [0.25, 0.3) is 0 Å². The van der Waals surface area contributed by atoms with Gasteiger partial charge in [-0.25, -0.2) is 13.2 Å². The zero-order chi connectivity index (χ0) is 21.2. The lowest BCUT2D eigenvalue weighted by molar-refractivity contribution is -0.136. The molecule has 2 saturated heterocycles. The first-order valence-electron chi connectivity index (χ1n) is 9.52. The Labute approximate surface area is 170 Å². The van der Waals surface area contributed by atoms with Gasteiger partial charge < -0.3 is 14.5 Å². The fraction of sp³-hybridized carbons (Fsp3) is 0.526. The maximum atomic E-state index is 12.8. The van der Waals surface area contributed by atoms with Gasteiger partial charge in [0, 0.05) is 44.8 Å². The summed E-state index contributed by atoms with van der Waals surface area (Å²) in [5.74, 6) is -1.16. The van der Waals surface area contributed by atoms with E-state index in [2.05, 4.69) is 0 Å². The van der Waals surface area contributed by atoms with E-state index in [0.717, 1.165) is 6.26 Å². The van der Waals surface area contributed by atoms with E-state index < -0.39 is 21.9 Å². The largest absolute Gasteiger partial charge is 0.462 e. The topological polar surface area (TPSA) is 104 Å². The minimum Gasteiger partial charge on any atom is -0.462 e. The van der Waals surface area contributed by atoms with E-state index in [1.807, 2.05) is 0 Å². The van der Waals surface area contributed by atoms with E-state index in [9.17, 15) is 22.8 Å². The molecule has 158 valence electrons. The van der Waals surface area contributed by atoms with Crippen LogP contribution in [-0.4, -0.2) is 81.0 Å². The molecular formula is C19H25N3O6S. The molecule has 1 aromatic carbocycles. The maximum absolute atomic E-state index is 12.8. The van der Waals surface area contributed by atoms with Gasteiger partial charge >= 0.3 is 5.97 Å². The fourth-order valence-corrected chi connectivity index (χ4v) is 4.44. The fourth-order valence-electron chi connectivity index (χ4n) is 3.61. The molecule has 0 aliphatic carbocycles. The Morgan fingerprint density at radius 2 is 1.72 bits per heavy atom. The highest BCUT2D eigenvalue weighted by molar-refractivity contribution is 7.88. The number of rotatable bonds is 5. The number of nitrogens with zero attached hydrogens (tertiary/aromatic N) is 3. The quantitative estimate of drug-likeness (QED) is 0.632. The zero-order valence-electron chi connectivity index (χ0n) is 16.5. The molecule has 2 heterocycles. The van der Waals surface area contributed by atoms with Crippen molar-refractivity contribution in [3.8, 4) is 0 Å². The van der Waals surface area contributed by atoms with Crippen LogP contribution in [0.2, 0.25) is 0 Å². The third kappa shape index (κ3) is 4.76. The van der Waals surface area contributed by atoms with Crippen LogP contribution >= 0.6 is 0 Å². The van der Waals surface area contributed by atoms with Crippen molar-refractivity contribution in [3.63, 3.8) is 0 Å². The van der Waals surface area contributed by atoms with Crippen LogP contribution in [0.1, 0.15) is 23.7 Å². The molecule has 0 unspecified atom stereocenters. The van der Waals surface area contributed by atoms with Gasteiger partial charge in [-0.2, -0.15) is 4.31 Å². The molecule has 9 nitrogen and oxygen atoms in total. The molecule has 1 atom stereocenters. The Morgan fingerprint density at radius 1 is 1.10 bits per heavy atom. The number of esters is 1. The van der Waals surface area contributed by atoms with Crippen molar-refractivity contribution in [1.82, 2.24) is 9.21 Å². The van der Waals surface area contributed by atoms with E-state index in [1.165, 1.54) is 4.31 Å². The highest BCUT2D eigenvalue weighted by Gasteiger charge is 2.38. The van der Waals surface area contributed by atoms with Crippen LogP contribution in [0.3, 0.4) is 0 Å². The number of carbonyl (C=O) groups excluding carboxylic acids is 3. The number of amides is 2. The van der Waals surface area contributed by atoms with Crippen molar-refractivity contribution in [2.75, 3.05) is 50.5 Å². The van der Waals surface area contributed by atoms with Crippen LogP contribution in [0.15, 0.2) is 24.3 Å². The number of sulfonamides is 1. The molecule has 0 N–H and O–H groups in total. The third-order valence-electron chi connectivity index (χ3n) is 5.18. The highest BCUT2D eigenvalue weighted by Crippen LogP contribution is 2.27. The summed E-state index contributed by atoms with van der Waals surface area (Å²) in [5, 5.41) is 0. The Hall–Kier alpha value is -2.46. The van der Waals surface area contributed by atoms with Crippen molar-refractivity contribution >= 4 is 33.5 Å². The van der Waals surface area contributed by atoms with Gasteiger partial charge in [0.15, 0.2) is 0 Å². The molecule has 1 aromatic rings. The normalized spacial score (nSPS) is 20.8. The van der Waals surface area contributed by atoms with Crippen molar-refractivity contribution in [1.29, 1.82) is 0 Å². The smallest absolute Gasteiger partial charge is 0.338 e. The van der Waals surface area contributed by atoms with E-state index in [0.29, 0.717) is 24.3 Å². The minimum absolute atomic E-state index is 0.116. The summed E-state index contributed by atoms with van der Waals surface area (Å²) >= 11 is 0. The summed E-state index contributed by atoms with van der Waals surface area (Å²) in [6.45, 7) is 3.47. The number of hydrogen-bond acceptors (Lipinski definition) is 6. The van der Waals surface area contributed by atoms with Crippen molar-refractivity contribution in [2.45, 2.75) is 13.3 Å². The first-order valence-corrected chi connectivity index (χ1v) is 11.4. The second kappa shape index (κ2) is 8.50. The molecule has 0 radical (unpaired) electrons. The molecule has 29 heavy (non-hydrogen) atoms. The first kappa shape index (κ1) is 21.3. The second-order valence-electron chi connectivity index (χ2n) is 7.16. The molecule has 0 aromatic heterocycles. The summed E-state index contributed by atoms with van der Waals surface area (Å²) in [5.41, 5.74) is 1.03. The van der Waals surface area contributed by atoms with Gasteiger partial charge in [0.05, 0.1) is 24.3 Å². The van der Waals surface area contributed by atoms with Crippen molar-refractivity contribution in [2.24, 2.45) is 5.92 Å². The lowest BCUT2D eigenvalue weighted by Gasteiger charge is -2.34. The average molecular weight is 423 g/mol. The first-order chi connectivity index (χ1) is 13.7. The van der Waals surface area contributed by atoms with Crippen molar-refractivity contribution < 1.29 is 27.5 Å². The lowest BCUT2D eigenvalue weighted by Crippen LogP contribution is -2.51. The van der Waals surface area contributed by atoms with E-state index in [1.54, 1.807) is 41.0 Å². The molecule has 2 aliphatic heterocycles. The minimum atomic E-state index is -3.26. The van der Waals surface area contributed by atoms with Gasteiger partial charge in [0.2, 0.25) is 21.8 Å². The number of benzene rings is 1. The van der Waals surface area contributed by atoms with Gasteiger partial charge in [-0.1, -0.05) is 0 Å². The number of hydrogen-bond donors (Lipinski definition) is 0. The van der Waals surface area contributed by atoms with Crippen LogP contribution in [0.4, 0.5) is 5.69 Å². The third-order valence-corrected chi connectivity index (χ3v) is 6.49. The van der Waals surface area contributed by atoms with Gasteiger partial charge in [-0.3, -0.25) is 9.59 Å². The molecular weight excluding hydrogens is 398 g/mol. The Kier molecular flexibility index (Phi) is 6.23. The van der Waals surface area contributed by atoms with E-state index >= 15 is 0 Å². The molecule has 0 bridgehead atoms. The molecule has 2 fully saturated rings. The van der Waals surface area contributed by atoms with Gasteiger partial charge in [-0.05, 0) is 31.2 Å². The van der Waals surface area contributed by atoms with Crippen molar-refractivity contribution in [3.05, 3.63) is 29.8 Å². The summed E-state index contributed by atoms with van der Waals surface area (Å²) < 4.78 is 29.5. The summed E-state index contributed by atoms with van der Waals surface area (Å²) in [6, 6.07) is 6.53. The Morgan fingerprint density at radius 3 is 2.28 bits per heavy atom. The zero-order valence-corrected chi connectivity index (χ0v) is 17.4. The molecule has 10 heteroatoms. The number of ether oxygens (including phenoxy) is 1. The number of anilines is 1. The van der Waals surface area contributed by atoms with E-state index in [-0.39, 0.29) is 44.5 Å². The SMILES string of the molecule is CCOC(=O)c1ccc(N2C[C@H](C(=O)N3CCN(S(C)(=O)=O)CC3)CC2=O)cc1. The number of carbonyl (C=O) groups is 3. The molecule has 0 saturated carbocycles. The standard InChI is InChI=1S/C19H25N3O6S/c1-3-28-19(25)14-4-6-16(7-5-14)22-13-15(12-17(22)23)18(24)20-8-10-21(11-9-20)29(2,26)27/h4-7,15H,3,8-13H2,1-2H3/t15-/m1/s1. The summed E-state index contributed by atoms with van der Waals surface area (Å²) in [7, 11) is -3.26. The molecule has 2 aliphatic rings. The Balaban J connectivity index is 1.61. The summed E-state index contributed by atoms with van der Waals surface area (Å²) in [6.07, 6.45) is 1.27. The second-order valence-corrected chi connectivity index (χ2v) is 9.14. The van der Waals surface area contributed by atoms with Crippen LogP contribution in [0.5, 0.6) is 0 Å². The molecule has 2 amide bonds. The number of piperazine rings is 1.